The highest BCUT2D eigenvalue weighted by Crippen LogP contribution is 2.21. The zero-order chi connectivity index (χ0) is 23.0. The molecule has 0 spiro atoms. The second-order valence-corrected chi connectivity index (χ2v) is 8.58. The zero-order valence-electron chi connectivity index (χ0n) is 19.3. The number of hydrogen-bond acceptors (Lipinski definition) is 6. The molecule has 1 amide bonds. The maximum atomic E-state index is 12.8. The summed E-state index contributed by atoms with van der Waals surface area (Å²) in [5, 5.41) is 9.65. The summed E-state index contributed by atoms with van der Waals surface area (Å²) >= 11 is 0. The van der Waals surface area contributed by atoms with Gasteiger partial charge in [-0.2, -0.15) is 5.10 Å². The van der Waals surface area contributed by atoms with Crippen molar-refractivity contribution in [1.82, 2.24) is 9.91 Å². The highest BCUT2D eigenvalue weighted by atomic mass is 16.5. The molecule has 0 unspecified atom stereocenters. The SMILES string of the molecule is CCOC(=O)CN1CCc2cc(C(=O)Nc3ccc(C=NN4CCCCC4)cc3)ccc2C1. The number of amides is 1. The van der Waals surface area contributed by atoms with Gasteiger partial charge in [0.1, 0.15) is 0 Å². The number of piperidine rings is 1. The van der Waals surface area contributed by atoms with Crippen molar-refractivity contribution in [3.63, 3.8) is 0 Å². The fourth-order valence-electron chi connectivity index (χ4n) is 4.27. The molecule has 7 heteroatoms. The standard InChI is InChI=1S/C26H32N4O3/c1-2-33-25(31)19-29-15-12-21-16-22(8-9-23(21)18-29)26(32)28-24-10-6-20(7-11-24)17-27-30-13-4-3-5-14-30/h6-11,16-17H,2-5,12-15,18-19H2,1H3,(H,28,32). The average molecular weight is 449 g/mol. The highest BCUT2D eigenvalue weighted by molar-refractivity contribution is 6.04. The second-order valence-electron chi connectivity index (χ2n) is 8.58. The van der Waals surface area contributed by atoms with Gasteiger partial charge in [0.2, 0.25) is 0 Å². The Morgan fingerprint density at radius 3 is 2.58 bits per heavy atom. The van der Waals surface area contributed by atoms with E-state index in [4.69, 9.17) is 4.74 Å². The van der Waals surface area contributed by atoms with Crippen molar-refractivity contribution in [3.8, 4) is 0 Å². The quantitative estimate of drug-likeness (QED) is 0.517. The number of anilines is 1. The van der Waals surface area contributed by atoms with Crippen molar-refractivity contribution in [2.75, 3.05) is 38.1 Å². The minimum absolute atomic E-state index is 0.124. The summed E-state index contributed by atoms with van der Waals surface area (Å²) < 4.78 is 5.05. The van der Waals surface area contributed by atoms with Crippen LogP contribution in [0.1, 0.15) is 53.2 Å². The molecular weight excluding hydrogens is 416 g/mol. The smallest absolute Gasteiger partial charge is 0.320 e. The summed E-state index contributed by atoms with van der Waals surface area (Å²) in [6.45, 7) is 6.03. The summed E-state index contributed by atoms with van der Waals surface area (Å²) in [7, 11) is 0. The van der Waals surface area contributed by atoms with Gasteiger partial charge >= 0.3 is 5.97 Å². The number of hydrazone groups is 1. The largest absolute Gasteiger partial charge is 0.465 e. The molecule has 2 aromatic carbocycles. The van der Waals surface area contributed by atoms with Gasteiger partial charge in [0, 0.05) is 37.4 Å². The van der Waals surface area contributed by atoms with E-state index in [9.17, 15) is 9.59 Å². The van der Waals surface area contributed by atoms with E-state index in [2.05, 4.69) is 20.3 Å². The summed E-state index contributed by atoms with van der Waals surface area (Å²) in [6, 6.07) is 13.5. The van der Waals surface area contributed by atoms with Gasteiger partial charge < -0.3 is 10.1 Å². The Labute approximate surface area is 195 Å². The lowest BCUT2D eigenvalue weighted by atomic mass is 9.97. The predicted octanol–water partition coefficient (Wildman–Crippen LogP) is 3.68. The number of carbonyl (C=O) groups excluding carboxylic acids is 2. The van der Waals surface area contributed by atoms with E-state index < -0.39 is 0 Å². The van der Waals surface area contributed by atoms with Gasteiger partial charge in [-0.25, -0.2) is 0 Å². The summed E-state index contributed by atoms with van der Waals surface area (Å²) in [5.41, 5.74) is 4.72. The molecule has 2 aliphatic heterocycles. The van der Waals surface area contributed by atoms with Crippen LogP contribution in [0.3, 0.4) is 0 Å². The first-order valence-electron chi connectivity index (χ1n) is 11.8. The molecule has 0 aromatic heterocycles. The highest BCUT2D eigenvalue weighted by Gasteiger charge is 2.20. The van der Waals surface area contributed by atoms with Gasteiger partial charge in [0.05, 0.1) is 19.4 Å². The summed E-state index contributed by atoms with van der Waals surface area (Å²) in [5.74, 6) is -0.317. The molecule has 174 valence electrons. The van der Waals surface area contributed by atoms with Crippen LogP contribution in [0.2, 0.25) is 0 Å². The maximum absolute atomic E-state index is 12.8. The van der Waals surface area contributed by atoms with Crippen LogP contribution in [0.25, 0.3) is 0 Å². The van der Waals surface area contributed by atoms with Gasteiger partial charge in [-0.1, -0.05) is 18.2 Å². The van der Waals surface area contributed by atoms with Crippen molar-refractivity contribution >= 4 is 23.8 Å². The first kappa shape index (κ1) is 23.0. The molecule has 2 aromatic rings. The Morgan fingerprint density at radius 2 is 1.82 bits per heavy atom. The van der Waals surface area contributed by atoms with Crippen LogP contribution >= 0.6 is 0 Å². The molecule has 1 fully saturated rings. The van der Waals surface area contributed by atoms with Crippen LogP contribution in [0, 0.1) is 0 Å². The average Bonchev–Trinajstić information content (AvgIpc) is 2.84. The monoisotopic (exact) mass is 448 g/mol. The fraction of sp³-hybridized carbons (Fsp3) is 0.423. The molecule has 4 rings (SSSR count). The van der Waals surface area contributed by atoms with E-state index >= 15 is 0 Å². The molecule has 0 atom stereocenters. The molecule has 0 bridgehead atoms. The fourth-order valence-corrected chi connectivity index (χ4v) is 4.27. The number of rotatable bonds is 7. The van der Waals surface area contributed by atoms with E-state index in [0.717, 1.165) is 48.4 Å². The van der Waals surface area contributed by atoms with E-state index in [1.54, 1.807) is 0 Å². The molecule has 0 radical (unpaired) electrons. The van der Waals surface area contributed by atoms with E-state index in [1.165, 1.54) is 19.3 Å². The first-order valence-corrected chi connectivity index (χ1v) is 11.8. The zero-order valence-corrected chi connectivity index (χ0v) is 19.3. The molecule has 0 saturated carbocycles. The lowest BCUT2D eigenvalue weighted by Gasteiger charge is -2.28. The van der Waals surface area contributed by atoms with Crippen LogP contribution < -0.4 is 5.32 Å². The van der Waals surface area contributed by atoms with Gasteiger partial charge in [-0.15, -0.1) is 0 Å². The molecular formula is C26H32N4O3. The van der Waals surface area contributed by atoms with Crippen LogP contribution in [0.5, 0.6) is 0 Å². The Balaban J connectivity index is 1.32. The van der Waals surface area contributed by atoms with Gasteiger partial charge in [0.15, 0.2) is 0 Å². The summed E-state index contributed by atoms with van der Waals surface area (Å²) in [6.07, 6.45) is 6.39. The minimum atomic E-state index is -0.194. The molecule has 7 nitrogen and oxygen atoms in total. The Hall–Kier alpha value is -3.19. The van der Waals surface area contributed by atoms with E-state index in [0.29, 0.717) is 25.3 Å². The van der Waals surface area contributed by atoms with Gasteiger partial charge in [-0.05, 0) is 73.6 Å². The number of fused-ring (bicyclic) bond motifs is 1. The third-order valence-corrected chi connectivity index (χ3v) is 6.09. The number of hydrogen-bond donors (Lipinski definition) is 1. The number of esters is 1. The molecule has 2 heterocycles. The van der Waals surface area contributed by atoms with Gasteiger partial charge in [-0.3, -0.25) is 19.5 Å². The third kappa shape index (κ3) is 6.42. The molecule has 33 heavy (non-hydrogen) atoms. The van der Waals surface area contributed by atoms with E-state index in [1.807, 2.05) is 55.6 Å². The Bertz CT molecular complexity index is 997. The topological polar surface area (TPSA) is 74.2 Å². The number of nitrogens with one attached hydrogen (secondary N) is 1. The van der Waals surface area contributed by atoms with Gasteiger partial charge in [0.25, 0.3) is 5.91 Å². The first-order chi connectivity index (χ1) is 16.1. The van der Waals surface area contributed by atoms with Crippen molar-refractivity contribution < 1.29 is 14.3 Å². The van der Waals surface area contributed by atoms with Crippen LogP contribution in [-0.4, -0.2) is 60.8 Å². The summed E-state index contributed by atoms with van der Waals surface area (Å²) in [4.78, 5) is 26.6. The molecule has 1 N–H and O–H groups in total. The lowest BCUT2D eigenvalue weighted by Crippen LogP contribution is -2.35. The van der Waals surface area contributed by atoms with Crippen molar-refractivity contribution in [1.29, 1.82) is 0 Å². The minimum Gasteiger partial charge on any atom is -0.465 e. The number of ether oxygens (including phenoxy) is 1. The molecule has 0 aliphatic carbocycles. The third-order valence-electron chi connectivity index (χ3n) is 6.09. The van der Waals surface area contributed by atoms with Crippen molar-refractivity contribution in [3.05, 3.63) is 64.7 Å². The van der Waals surface area contributed by atoms with Crippen molar-refractivity contribution in [2.24, 2.45) is 5.10 Å². The Kier molecular flexibility index (Phi) is 7.73. The number of benzene rings is 2. The normalized spacial score (nSPS) is 16.5. The molecule has 1 saturated heterocycles. The van der Waals surface area contributed by atoms with E-state index in [-0.39, 0.29) is 11.9 Å². The number of nitrogens with zero attached hydrogens (tertiary/aromatic N) is 3. The predicted molar refractivity (Wildman–Crippen MR) is 129 cm³/mol. The van der Waals surface area contributed by atoms with Crippen LogP contribution in [0.15, 0.2) is 47.6 Å². The van der Waals surface area contributed by atoms with Crippen LogP contribution in [-0.2, 0) is 22.5 Å². The molecule has 2 aliphatic rings. The van der Waals surface area contributed by atoms with Crippen molar-refractivity contribution in [2.45, 2.75) is 39.2 Å². The maximum Gasteiger partial charge on any atom is 0.320 e. The van der Waals surface area contributed by atoms with Crippen LogP contribution in [0.4, 0.5) is 5.69 Å². The lowest BCUT2D eigenvalue weighted by molar-refractivity contribution is -0.144. The number of carbonyl (C=O) groups is 2. The Morgan fingerprint density at radius 1 is 1.03 bits per heavy atom. The second kappa shape index (κ2) is 11.1.